The highest BCUT2D eigenvalue weighted by atomic mass is 32.2. The number of hydrogen-bond acceptors (Lipinski definition) is 2. The Bertz CT molecular complexity index is 729. The minimum absolute atomic E-state index is 0.251. The summed E-state index contributed by atoms with van der Waals surface area (Å²) in [5.41, 5.74) is 1.38. The first-order valence-corrected chi connectivity index (χ1v) is 6.07. The van der Waals surface area contributed by atoms with Gasteiger partial charge in [-0.15, -0.1) is 0 Å². The highest BCUT2D eigenvalue weighted by Gasteiger charge is 2.10. The molecule has 1 aromatic heterocycles. The van der Waals surface area contributed by atoms with Crippen LogP contribution in [0.5, 0.6) is 0 Å². The van der Waals surface area contributed by atoms with Crippen molar-refractivity contribution < 1.29 is 13.8 Å². The number of nitrogens with zero attached hydrogens (tertiary/aromatic N) is 1. The van der Waals surface area contributed by atoms with E-state index in [1.54, 1.807) is 30.3 Å². The average molecular weight is 252 g/mol. The van der Waals surface area contributed by atoms with Crippen LogP contribution in [-0.4, -0.2) is 14.4 Å². The van der Waals surface area contributed by atoms with Crippen molar-refractivity contribution in [1.82, 2.24) is 4.98 Å². The van der Waals surface area contributed by atoms with E-state index in [2.05, 4.69) is 4.98 Å². The van der Waals surface area contributed by atoms with E-state index in [0.717, 1.165) is 5.56 Å². The minimum atomic E-state index is -3.27. The lowest BCUT2D eigenvalue weighted by Crippen LogP contribution is -2.07. The van der Waals surface area contributed by atoms with E-state index in [4.69, 9.17) is 9.60 Å². The average Bonchev–Trinajstić information content (AvgIpc) is 2.52. The molecule has 2 rings (SSSR count). The molecule has 17 heavy (non-hydrogen) atoms. The lowest BCUT2D eigenvalue weighted by Gasteiger charge is -2.06. The van der Waals surface area contributed by atoms with Crippen molar-refractivity contribution in [3.63, 3.8) is 0 Å². The van der Waals surface area contributed by atoms with Gasteiger partial charge in [-0.1, -0.05) is 44.0 Å². The molecule has 1 atom stereocenters. The zero-order valence-electron chi connectivity index (χ0n) is 15.9. The van der Waals surface area contributed by atoms with Crippen molar-refractivity contribution in [3.8, 4) is 11.1 Å². The van der Waals surface area contributed by atoms with E-state index in [1.165, 1.54) is 12.3 Å². The molecule has 0 saturated carbocycles. The van der Waals surface area contributed by atoms with Gasteiger partial charge >= 0.3 is 0 Å². The van der Waals surface area contributed by atoms with Crippen LogP contribution in [0, 0.1) is 0 Å². The number of hydrogen-bond donors (Lipinski definition) is 0. The molecule has 0 bridgehead atoms. The first-order valence-electron chi connectivity index (χ1n) is 8.42. The molecule has 0 aliphatic carbocycles. The second kappa shape index (κ2) is 5.23. The van der Waals surface area contributed by atoms with Crippen LogP contribution in [0.4, 0.5) is 0 Å². The van der Waals surface area contributed by atoms with Crippen molar-refractivity contribution in [2.45, 2.75) is 24.0 Å². The van der Waals surface area contributed by atoms with Crippen LogP contribution in [0.2, 0.25) is 0 Å². The molecule has 0 N–H and O–H groups in total. The molecule has 1 unspecified atom stereocenters. The first-order chi connectivity index (χ1) is 11.0. The quantitative estimate of drug-likeness (QED) is 0.839. The van der Waals surface area contributed by atoms with Crippen LogP contribution in [-0.2, 0) is 10.8 Å². The number of rotatable bonds is 3. The van der Waals surface area contributed by atoms with E-state index < -0.39 is 29.7 Å². The van der Waals surface area contributed by atoms with Gasteiger partial charge in [-0.05, 0) is 23.3 Å². The smallest absolute Gasteiger partial charge is 0.128 e. The van der Waals surface area contributed by atoms with Gasteiger partial charge in [-0.2, -0.15) is 0 Å². The van der Waals surface area contributed by atoms with Crippen LogP contribution in [0.1, 0.15) is 23.3 Å². The standard InChI is InChI=1S/C14H15NOS/c1-11(2)17(16)14-10-13(8-9-15-14)12-6-4-3-5-7-12/h3-11H,1-2H3/i1D3,2D3,11D. The Morgan fingerprint density at radius 2 is 2.00 bits per heavy atom. The summed E-state index contributed by atoms with van der Waals surface area (Å²) in [5.74, 6) is 0. The Balaban J connectivity index is 2.53. The van der Waals surface area contributed by atoms with Crippen LogP contribution < -0.4 is 0 Å². The summed E-state index contributed by atoms with van der Waals surface area (Å²) in [7, 11) is -2.68. The Kier molecular flexibility index (Phi) is 1.82. The van der Waals surface area contributed by atoms with E-state index in [0.29, 0.717) is 5.56 Å². The second-order valence-electron chi connectivity index (χ2n) is 3.35. The second-order valence-corrected chi connectivity index (χ2v) is 4.71. The van der Waals surface area contributed by atoms with Gasteiger partial charge < -0.3 is 0 Å². The Hall–Kier alpha value is -1.48. The van der Waals surface area contributed by atoms with Crippen molar-refractivity contribution in [1.29, 1.82) is 0 Å². The Morgan fingerprint density at radius 1 is 1.24 bits per heavy atom. The third kappa shape index (κ3) is 2.80. The zero-order chi connectivity index (χ0) is 18.2. The zero-order valence-corrected chi connectivity index (χ0v) is 9.70. The van der Waals surface area contributed by atoms with E-state index in [9.17, 15) is 4.21 Å². The molecule has 3 heteroatoms. The number of pyridine rings is 1. The van der Waals surface area contributed by atoms with Gasteiger partial charge in [0, 0.05) is 21.0 Å². The van der Waals surface area contributed by atoms with Gasteiger partial charge in [0.2, 0.25) is 0 Å². The summed E-state index contributed by atoms with van der Waals surface area (Å²) in [4.78, 5) is 3.84. The van der Waals surface area contributed by atoms with Gasteiger partial charge in [-0.3, -0.25) is 4.21 Å². The SMILES string of the molecule is [2H]C([2H])([2H])C([2H])(S(=O)c1cc(-c2ccccc2)ccn1)C([2H])([2H])[2H]. The van der Waals surface area contributed by atoms with E-state index in [1.807, 2.05) is 6.07 Å². The molecule has 0 fully saturated rings. The molecule has 2 aromatic rings. The maximum atomic E-state index is 12.7. The van der Waals surface area contributed by atoms with Crippen molar-refractivity contribution >= 4 is 10.8 Å². The predicted molar refractivity (Wildman–Crippen MR) is 71.2 cm³/mol. The number of benzene rings is 1. The molecule has 1 heterocycles. The largest absolute Gasteiger partial charge is 0.252 e. The minimum Gasteiger partial charge on any atom is -0.252 e. The topological polar surface area (TPSA) is 30.0 Å². The highest BCUT2D eigenvalue weighted by Crippen LogP contribution is 2.20. The summed E-state index contributed by atoms with van der Waals surface area (Å²) in [5, 5.41) is -3.42. The maximum absolute atomic E-state index is 12.7. The third-order valence-corrected chi connectivity index (χ3v) is 3.19. The van der Waals surface area contributed by atoms with Crippen molar-refractivity contribution in [2.75, 3.05) is 0 Å². The molecule has 1 aromatic carbocycles. The normalized spacial score (nSPS) is 20.8. The van der Waals surface area contributed by atoms with E-state index in [-0.39, 0.29) is 5.03 Å². The predicted octanol–water partition coefficient (Wildman–Crippen LogP) is 3.26. The summed E-state index contributed by atoms with van der Waals surface area (Å²) >= 11 is 0. The fraction of sp³-hybridized carbons (Fsp3) is 0.214. The lowest BCUT2D eigenvalue weighted by atomic mass is 10.1. The van der Waals surface area contributed by atoms with Gasteiger partial charge in [0.25, 0.3) is 0 Å². The van der Waals surface area contributed by atoms with Gasteiger partial charge in [0.15, 0.2) is 0 Å². The Morgan fingerprint density at radius 3 is 2.71 bits per heavy atom. The molecule has 0 radical (unpaired) electrons. The molecular weight excluding hydrogens is 230 g/mol. The maximum Gasteiger partial charge on any atom is 0.128 e. The third-order valence-electron chi connectivity index (χ3n) is 2.22. The highest BCUT2D eigenvalue weighted by molar-refractivity contribution is 7.85. The van der Waals surface area contributed by atoms with Gasteiger partial charge in [0.05, 0.1) is 10.8 Å². The summed E-state index contributed by atoms with van der Waals surface area (Å²) in [6.07, 6.45) is 1.31. The fourth-order valence-corrected chi connectivity index (χ4v) is 2.03. The van der Waals surface area contributed by atoms with Crippen LogP contribution in [0.25, 0.3) is 11.1 Å². The molecule has 0 aliphatic heterocycles. The Labute approximate surface area is 114 Å². The van der Waals surface area contributed by atoms with Crippen LogP contribution >= 0.6 is 0 Å². The number of aromatic nitrogens is 1. The molecule has 0 saturated heterocycles. The molecular formula is C14H15NOS. The molecule has 0 spiro atoms. The van der Waals surface area contributed by atoms with Crippen molar-refractivity contribution in [3.05, 3.63) is 48.7 Å². The summed E-state index contributed by atoms with van der Waals surface area (Å²) in [6.45, 7) is -6.54. The molecule has 2 nitrogen and oxygen atoms in total. The monoisotopic (exact) mass is 252 g/mol. The summed E-state index contributed by atoms with van der Waals surface area (Å²) < 4.78 is 65.1. The fourth-order valence-electron chi connectivity index (χ4n) is 1.43. The van der Waals surface area contributed by atoms with Gasteiger partial charge in [-0.25, -0.2) is 4.98 Å². The molecule has 88 valence electrons. The van der Waals surface area contributed by atoms with Crippen LogP contribution in [0.15, 0.2) is 53.7 Å². The first kappa shape index (κ1) is 5.91. The van der Waals surface area contributed by atoms with Crippen LogP contribution in [0.3, 0.4) is 0 Å². The summed E-state index contributed by atoms with van der Waals surface area (Å²) in [6, 6.07) is 12.0. The van der Waals surface area contributed by atoms with Gasteiger partial charge in [0.1, 0.15) is 5.03 Å². The molecule has 0 amide bonds. The molecule has 0 aliphatic rings. The van der Waals surface area contributed by atoms with E-state index >= 15 is 0 Å². The lowest BCUT2D eigenvalue weighted by molar-refractivity contribution is 0.674. The van der Waals surface area contributed by atoms with Crippen molar-refractivity contribution in [2.24, 2.45) is 0 Å².